The maximum Gasteiger partial charge on any atom is 0.250 e. The molecule has 4 heterocycles. The molecule has 1 aromatic carbocycles. The molecule has 0 saturated carbocycles. The standard InChI is InChI=1S/C34H43N7O2/c1-5-28(23-42)41(22-25(4)33(43)39-18-9-6-10-19-39)34-37-31(29-16-20-40(24(2)3)32(29)38-34)36-21-26-12-14-27(15-13-26)30-11-7-8-17-35-30/h7-8,11-17,20,24,28,42H,4-6,9-10,18-19,21-23H2,1-3H3,(H,36,37,38)/t28-/m1/s1. The van der Waals surface area contributed by atoms with Gasteiger partial charge in [-0.05, 0) is 63.3 Å². The molecule has 1 aliphatic rings. The van der Waals surface area contributed by atoms with E-state index in [1.807, 2.05) is 47.2 Å². The molecule has 2 N–H and O–H groups in total. The maximum atomic E-state index is 13.3. The van der Waals surface area contributed by atoms with Crippen LogP contribution in [-0.4, -0.2) is 67.7 Å². The molecule has 5 rings (SSSR count). The van der Waals surface area contributed by atoms with Crippen molar-refractivity contribution in [1.82, 2.24) is 24.4 Å². The van der Waals surface area contributed by atoms with E-state index in [4.69, 9.17) is 9.97 Å². The first-order chi connectivity index (χ1) is 20.9. The topological polar surface area (TPSA) is 99.4 Å². The third-order valence-corrected chi connectivity index (χ3v) is 8.18. The van der Waals surface area contributed by atoms with Gasteiger partial charge in [0.2, 0.25) is 5.95 Å². The fourth-order valence-electron chi connectivity index (χ4n) is 5.62. The van der Waals surface area contributed by atoms with Gasteiger partial charge in [0.1, 0.15) is 11.5 Å². The Labute approximate surface area is 254 Å². The average Bonchev–Trinajstić information content (AvgIpc) is 3.49. The van der Waals surface area contributed by atoms with Crippen LogP contribution >= 0.6 is 0 Å². The first-order valence-electron chi connectivity index (χ1n) is 15.4. The number of carbonyl (C=O) groups is 1. The molecular weight excluding hydrogens is 538 g/mol. The minimum Gasteiger partial charge on any atom is -0.394 e. The van der Waals surface area contributed by atoms with Gasteiger partial charge < -0.3 is 24.8 Å². The molecule has 1 amide bonds. The second-order valence-corrected chi connectivity index (χ2v) is 11.5. The molecule has 1 saturated heterocycles. The normalized spacial score (nSPS) is 14.2. The molecule has 1 aliphatic heterocycles. The maximum absolute atomic E-state index is 13.3. The Kier molecular flexibility index (Phi) is 9.72. The summed E-state index contributed by atoms with van der Waals surface area (Å²) in [6.07, 6.45) is 7.69. The second kappa shape index (κ2) is 13.8. The van der Waals surface area contributed by atoms with E-state index in [0.29, 0.717) is 30.3 Å². The minimum atomic E-state index is -0.266. The summed E-state index contributed by atoms with van der Waals surface area (Å²) in [6.45, 7) is 12.7. The van der Waals surface area contributed by atoms with Gasteiger partial charge in [0.25, 0.3) is 5.91 Å². The molecule has 226 valence electrons. The first kappa shape index (κ1) is 30.2. The van der Waals surface area contributed by atoms with Crippen LogP contribution in [0.1, 0.15) is 58.1 Å². The third kappa shape index (κ3) is 6.88. The summed E-state index contributed by atoms with van der Waals surface area (Å²) >= 11 is 0. The fourth-order valence-corrected chi connectivity index (χ4v) is 5.62. The number of rotatable bonds is 12. The van der Waals surface area contributed by atoms with E-state index in [-0.39, 0.29) is 31.1 Å². The van der Waals surface area contributed by atoms with E-state index in [1.165, 1.54) is 0 Å². The van der Waals surface area contributed by atoms with Crippen LogP contribution in [0.5, 0.6) is 0 Å². The summed E-state index contributed by atoms with van der Waals surface area (Å²) in [5.74, 6) is 1.14. The van der Waals surface area contributed by atoms with E-state index in [1.54, 1.807) is 6.20 Å². The minimum absolute atomic E-state index is 0.0309. The Bertz CT molecular complexity index is 1520. The zero-order valence-corrected chi connectivity index (χ0v) is 25.5. The number of nitrogens with zero attached hydrogens (tertiary/aromatic N) is 6. The number of fused-ring (bicyclic) bond motifs is 1. The molecule has 1 fully saturated rings. The number of piperidine rings is 1. The highest BCUT2D eigenvalue weighted by atomic mass is 16.3. The van der Waals surface area contributed by atoms with Crippen LogP contribution in [0.3, 0.4) is 0 Å². The summed E-state index contributed by atoms with van der Waals surface area (Å²) in [6, 6.07) is 16.2. The number of carbonyl (C=O) groups excluding carboxylic acids is 1. The Morgan fingerprint density at radius 1 is 1.07 bits per heavy atom. The lowest BCUT2D eigenvalue weighted by molar-refractivity contribution is -0.128. The van der Waals surface area contributed by atoms with E-state index in [2.05, 4.69) is 59.6 Å². The first-order valence-corrected chi connectivity index (χ1v) is 15.4. The zero-order valence-electron chi connectivity index (χ0n) is 25.5. The van der Waals surface area contributed by atoms with Gasteiger partial charge in [0, 0.05) is 49.2 Å². The predicted molar refractivity (Wildman–Crippen MR) is 173 cm³/mol. The van der Waals surface area contributed by atoms with E-state index < -0.39 is 0 Å². The summed E-state index contributed by atoms with van der Waals surface area (Å²) in [5.41, 5.74) is 4.40. The van der Waals surface area contributed by atoms with Crippen LogP contribution in [0.2, 0.25) is 0 Å². The van der Waals surface area contributed by atoms with E-state index in [0.717, 1.165) is 60.2 Å². The largest absolute Gasteiger partial charge is 0.394 e. The summed E-state index contributed by atoms with van der Waals surface area (Å²) in [7, 11) is 0. The molecule has 9 nitrogen and oxygen atoms in total. The molecule has 1 atom stereocenters. The van der Waals surface area contributed by atoms with Crippen molar-refractivity contribution in [2.45, 2.75) is 65.1 Å². The Balaban J connectivity index is 1.45. The van der Waals surface area contributed by atoms with Gasteiger partial charge in [-0.15, -0.1) is 0 Å². The van der Waals surface area contributed by atoms with Crippen molar-refractivity contribution in [2.24, 2.45) is 0 Å². The molecule has 0 spiro atoms. The van der Waals surface area contributed by atoms with Gasteiger partial charge in [-0.1, -0.05) is 43.8 Å². The number of likely N-dealkylation sites (tertiary alicyclic amines) is 1. The highest BCUT2D eigenvalue weighted by Gasteiger charge is 2.27. The molecule has 4 aromatic rings. The summed E-state index contributed by atoms with van der Waals surface area (Å²) < 4.78 is 2.12. The van der Waals surface area contributed by atoms with Crippen molar-refractivity contribution >= 4 is 28.7 Å². The smallest absolute Gasteiger partial charge is 0.250 e. The average molecular weight is 582 g/mol. The number of amides is 1. The van der Waals surface area contributed by atoms with Gasteiger partial charge in [0.15, 0.2) is 0 Å². The lowest BCUT2D eigenvalue weighted by atomic mass is 10.1. The van der Waals surface area contributed by atoms with Crippen molar-refractivity contribution in [2.75, 3.05) is 36.5 Å². The van der Waals surface area contributed by atoms with Gasteiger partial charge in [0.05, 0.1) is 30.3 Å². The number of aliphatic hydroxyl groups excluding tert-OH is 1. The molecule has 0 unspecified atom stereocenters. The van der Waals surface area contributed by atoms with Gasteiger partial charge in [-0.3, -0.25) is 9.78 Å². The predicted octanol–water partition coefficient (Wildman–Crippen LogP) is 5.83. The number of hydrogen-bond acceptors (Lipinski definition) is 7. The number of aliphatic hydroxyl groups is 1. The molecule has 0 bridgehead atoms. The monoisotopic (exact) mass is 581 g/mol. The number of nitrogens with one attached hydrogen (secondary N) is 1. The SMILES string of the molecule is C=C(CN(c1nc(NCc2ccc(-c3ccccn3)cc2)c2ccn(C(C)C)c2n1)[C@H](CC)CO)C(=O)N1CCCCC1. The lowest BCUT2D eigenvalue weighted by Gasteiger charge is -2.33. The van der Waals surface area contributed by atoms with E-state index in [9.17, 15) is 9.90 Å². The molecule has 43 heavy (non-hydrogen) atoms. The molecule has 3 aromatic heterocycles. The number of pyridine rings is 1. The van der Waals surface area contributed by atoms with Crippen molar-refractivity contribution in [3.05, 3.63) is 78.6 Å². The Morgan fingerprint density at radius 3 is 2.49 bits per heavy atom. The van der Waals surface area contributed by atoms with Crippen molar-refractivity contribution in [3.63, 3.8) is 0 Å². The van der Waals surface area contributed by atoms with Crippen LogP contribution in [-0.2, 0) is 11.3 Å². The van der Waals surface area contributed by atoms with Crippen LogP contribution in [0.25, 0.3) is 22.3 Å². The van der Waals surface area contributed by atoms with Crippen LogP contribution in [0.15, 0.2) is 73.1 Å². The Morgan fingerprint density at radius 2 is 1.84 bits per heavy atom. The summed E-state index contributed by atoms with van der Waals surface area (Å²) in [5, 5.41) is 14.8. The number of anilines is 2. The summed E-state index contributed by atoms with van der Waals surface area (Å²) in [4.78, 5) is 31.6. The molecular formula is C34H43N7O2. The number of benzene rings is 1. The van der Waals surface area contributed by atoms with Crippen molar-refractivity contribution in [3.8, 4) is 11.3 Å². The van der Waals surface area contributed by atoms with Crippen molar-refractivity contribution < 1.29 is 9.90 Å². The number of aromatic nitrogens is 4. The van der Waals surface area contributed by atoms with Gasteiger partial charge in [-0.2, -0.15) is 9.97 Å². The van der Waals surface area contributed by atoms with Crippen LogP contribution in [0, 0.1) is 0 Å². The van der Waals surface area contributed by atoms with E-state index >= 15 is 0 Å². The molecule has 0 aliphatic carbocycles. The molecule has 9 heteroatoms. The fraction of sp³-hybridized carbons (Fsp3) is 0.412. The third-order valence-electron chi connectivity index (χ3n) is 8.18. The quantitative estimate of drug-likeness (QED) is 0.203. The van der Waals surface area contributed by atoms with Gasteiger partial charge in [-0.25, -0.2) is 0 Å². The second-order valence-electron chi connectivity index (χ2n) is 11.5. The van der Waals surface area contributed by atoms with Crippen molar-refractivity contribution in [1.29, 1.82) is 0 Å². The highest BCUT2D eigenvalue weighted by molar-refractivity contribution is 5.94. The number of hydrogen-bond donors (Lipinski definition) is 2. The van der Waals surface area contributed by atoms with Crippen LogP contribution < -0.4 is 10.2 Å². The molecule has 0 radical (unpaired) electrons. The zero-order chi connectivity index (χ0) is 30.3. The van der Waals surface area contributed by atoms with Crippen LogP contribution in [0.4, 0.5) is 11.8 Å². The van der Waals surface area contributed by atoms with Gasteiger partial charge >= 0.3 is 0 Å². The Hall–Kier alpha value is -4.24. The lowest BCUT2D eigenvalue weighted by Crippen LogP contribution is -2.44. The highest BCUT2D eigenvalue weighted by Crippen LogP contribution is 2.29.